The summed E-state index contributed by atoms with van der Waals surface area (Å²) in [6, 6.07) is 6.53. The van der Waals surface area contributed by atoms with Crippen LogP contribution in [0.4, 0.5) is 13.2 Å². The average Bonchev–Trinajstić information content (AvgIpc) is 3.53. The zero-order valence-corrected chi connectivity index (χ0v) is 20.4. The van der Waals surface area contributed by atoms with Crippen molar-refractivity contribution in [2.24, 2.45) is 0 Å². The Labute approximate surface area is 206 Å². The minimum atomic E-state index is -3.37. The van der Waals surface area contributed by atoms with Crippen molar-refractivity contribution in [2.45, 2.75) is 68.8 Å². The molecule has 3 aliphatic rings. The molecule has 0 amide bonds. The fraction of sp³-hybridized carbons (Fsp3) is 0.423. The number of fused-ring (bicyclic) bond motifs is 7. The van der Waals surface area contributed by atoms with Crippen LogP contribution in [-0.4, -0.2) is 24.7 Å². The van der Waals surface area contributed by atoms with E-state index < -0.39 is 32.9 Å². The van der Waals surface area contributed by atoms with E-state index in [9.17, 15) is 21.6 Å². The molecule has 1 aromatic heterocycles. The quantitative estimate of drug-likeness (QED) is 0.523. The highest BCUT2D eigenvalue weighted by atomic mass is 32.2. The van der Waals surface area contributed by atoms with Gasteiger partial charge in [0, 0.05) is 17.2 Å². The van der Waals surface area contributed by atoms with Crippen molar-refractivity contribution in [3.8, 4) is 16.9 Å². The number of nitrogens with zero attached hydrogens (tertiary/aromatic N) is 1. The van der Waals surface area contributed by atoms with E-state index in [0.717, 1.165) is 11.6 Å². The number of aryl methyl sites for hydroxylation is 1. The van der Waals surface area contributed by atoms with Gasteiger partial charge in [-0.15, -0.1) is 0 Å². The molecule has 2 aliphatic carbocycles. The summed E-state index contributed by atoms with van der Waals surface area (Å²) in [6.07, 6.45) is 3.48. The topological polar surface area (TPSA) is 81.4 Å². The molecule has 2 saturated carbocycles. The smallest absolute Gasteiger partial charge is 0.214 e. The van der Waals surface area contributed by atoms with Gasteiger partial charge in [0.15, 0.2) is 11.6 Å². The fourth-order valence-corrected chi connectivity index (χ4v) is 7.07. The van der Waals surface area contributed by atoms with Crippen LogP contribution >= 0.6 is 0 Å². The summed E-state index contributed by atoms with van der Waals surface area (Å²) in [7, 11) is -3.37. The largest absolute Gasteiger partial charge is 0.483 e. The van der Waals surface area contributed by atoms with Crippen LogP contribution in [0.5, 0.6) is 5.75 Å². The molecule has 4 bridgehead atoms. The van der Waals surface area contributed by atoms with E-state index in [1.165, 1.54) is 12.1 Å². The minimum Gasteiger partial charge on any atom is -0.483 e. The van der Waals surface area contributed by atoms with E-state index in [2.05, 4.69) is 9.71 Å². The Kier molecular flexibility index (Phi) is 5.46. The van der Waals surface area contributed by atoms with Crippen molar-refractivity contribution in [1.82, 2.24) is 9.71 Å². The van der Waals surface area contributed by atoms with Crippen LogP contribution in [0.3, 0.4) is 0 Å². The summed E-state index contributed by atoms with van der Waals surface area (Å²) < 4.78 is 83.6. The highest BCUT2D eigenvalue weighted by molar-refractivity contribution is 7.90. The molecule has 1 aliphatic heterocycles. The third-order valence-corrected chi connectivity index (χ3v) is 9.53. The number of hydrogen-bond donors (Lipinski definition) is 1. The first-order valence-corrected chi connectivity index (χ1v) is 13.6. The van der Waals surface area contributed by atoms with Gasteiger partial charge in [0.25, 0.3) is 0 Å². The summed E-state index contributed by atoms with van der Waals surface area (Å²) in [4.78, 5) is 4.68. The van der Waals surface area contributed by atoms with Gasteiger partial charge >= 0.3 is 0 Å². The number of hydrogen-bond acceptors (Lipinski definition) is 5. The molecule has 1 spiro atoms. The molecule has 3 aromatic rings. The second-order valence-electron chi connectivity index (χ2n) is 10.1. The zero-order chi connectivity index (χ0) is 25.2. The summed E-state index contributed by atoms with van der Waals surface area (Å²) in [6.45, 7) is 1.52. The molecule has 2 atom stereocenters. The van der Waals surface area contributed by atoms with Crippen molar-refractivity contribution in [3.05, 3.63) is 70.7 Å². The summed E-state index contributed by atoms with van der Waals surface area (Å²) in [5, 5.41) is -0.317. The maximum Gasteiger partial charge on any atom is 0.214 e. The normalized spacial score (nSPS) is 23.6. The Morgan fingerprint density at radius 2 is 1.83 bits per heavy atom. The zero-order valence-electron chi connectivity index (χ0n) is 19.6. The Morgan fingerprint density at radius 1 is 1.06 bits per heavy atom. The van der Waals surface area contributed by atoms with Gasteiger partial charge in [-0.25, -0.2) is 26.9 Å². The van der Waals surface area contributed by atoms with Gasteiger partial charge in [0.05, 0.1) is 10.7 Å². The molecule has 2 aromatic carbocycles. The molecule has 6 rings (SSSR count). The van der Waals surface area contributed by atoms with Crippen LogP contribution in [0.1, 0.15) is 55.0 Å². The number of nitrogens with one attached hydrogen (secondary N) is 1. The number of halogens is 3. The molecular formula is C26H25F3N2O4S. The number of oxazole rings is 1. The van der Waals surface area contributed by atoms with E-state index in [-0.39, 0.29) is 34.8 Å². The van der Waals surface area contributed by atoms with Crippen molar-refractivity contribution < 1.29 is 30.7 Å². The van der Waals surface area contributed by atoms with E-state index in [1.807, 2.05) is 0 Å². The highest BCUT2D eigenvalue weighted by Gasteiger charge is 2.47. The van der Waals surface area contributed by atoms with E-state index in [4.69, 9.17) is 9.15 Å². The van der Waals surface area contributed by atoms with Crippen LogP contribution in [0.15, 0.2) is 34.7 Å². The van der Waals surface area contributed by atoms with Crippen LogP contribution in [0.25, 0.3) is 11.1 Å². The molecule has 6 nitrogen and oxygen atoms in total. The first-order chi connectivity index (χ1) is 17.1. The Morgan fingerprint density at radius 3 is 2.61 bits per heavy atom. The van der Waals surface area contributed by atoms with Gasteiger partial charge < -0.3 is 9.15 Å². The fourth-order valence-electron chi connectivity index (χ4n) is 5.46. The highest BCUT2D eigenvalue weighted by Crippen LogP contribution is 2.46. The van der Waals surface area contributed by atoms with Crippen molar-refractivity contribution in [3.63, 3.8) is 0 Å². The molecule has 0 unspecified atom stereocenters. The number of aromatic nitrogens is 1. The first-order valence-electron chi connectivity index (χ1n) is 12.0. The van der Waals surface area contributed by atoms with Crippen molar-refractivity contribution >= 4 is 10.0 Å². The van der Waals surface area contributed by atoms with Crippen molar-refractivity contribution in [2.75, 3.05) is 0 Å². The second-order valence-corrected chi connectivity index (χ2v) is 12.1. The number of rotatable bonds is 3. The molecule has 2 heterocycles. The van der Waals surface area contributed by atoms with Crippen LogP contribution < -0.4 is 9.46 Å². The Hall–Kier alpha value is -2.85. The molecule has 190 valence electrons. The number of benzene rings is 2. The molecule has 36 heavy (non-hydrogen) atoms. The van der Waals surface area contributed by atoms with Gasteiger partial charge in [0.1, 0.15) is 23.9 Å². The first kappa shape index (κ1) is 23.5. The minimum absolute atomic E-state index is 0.0991. The van der Waals surface area contributed by atoms with Crippen LogP contribution in [0.2, 0.25) is 0 Å². The monoisotopic (exact) mass is 518 g/mol. The third kappa shape index (κ3) is 4.00. The molecule has 2 fully saturated rings. The van der Waals surface area contributed by atoms with E-state index in [1.54, 1.807) is 19.1 Å². The third-order valence-electron chi connectivity index (χ3n) is 7.52. The lowest BCUT2D eigenvalue weighted by atomic mass is 9.79. The van der Waals surface area contributed by atoms with Gasteiger partial charge in [-0.05, 0) is 75.3 Å². The SMILES string of the molecule is Cc1oc2nc1COc1c(ccc(F)c1F)-c1cc(ccc1F)C[C@@]21CC[C@H](NS(=O)(=O)C2CC2)C1. The summed E-state index contributed by atoms with van der Waals surface area (Å²) >= 11 is 0. The molecule has 0 saturated heterocycles. The summed E-state index contributed by atoms with van der Waals surface area (Å²) in [5.74, 6) is -2.36. The number of sulfonamides is 1. The van der Waals surface area contributed by atoms with Crippen molar-refractivity contribution in [1.29, 1.82) is 0 Å². The van der Waals surface area contributed by atoms with E-state index >= 15 is 0 Å². The Balaban J connectivity index is 1.45. The van der Waals surface area contributed by atoms with Crippen LogP contribution in [-0.2, 0) is 28.5 Å². The Bertz CT molecular complexity index is 1470. The lowest BCUT2D eigenvalue weighted by Gasteiger charge is -2.27. The molecule has 1 N–H and O–H groups in total. The van der Waals surface area contributed by atoms with Gasteiger partial charge in [0.2, 0.25) is 21.7 Å². The maximum absolute atomic E-state index is 15.0. The second kappa shape index (κ2) is 8.34. The van der Waals surface area contributed by atoms with E-state index in [0.29, 0.717) is 55.9 Å². The molecule has 10 heteroatoms. The predicted molar refractivity (Wildman–Crippen MR) is 125 cm³/mol. The lowest BCUT2D eigenvalue weighted by molar-refractivity contribution is 0.280. The van der Waals surface area contributed by atoms with Crippen LogP contribution in [0, 0.1) is 24.4 Å². The van der Waals surface area contributed by atoms with Gasteiger partial charge in [-0.3, -0.25) is 0 Å². The summed E-state index contributed by atoms with van der Waals surface area (Å²) in [5.41, 5.74) is 0.745. The number of ether oxygens (including phenoxy) is 1. The average molecular weight is 519 g/mol. The maximum atomic E-state index is 15.0. The predicted octanol–water partition coefficient (Wildman–Crippen LogP) is 5.07. The standard InChI is InChI=1S/C26H25F3N2O4S/c1-14-22-13-34-24-18(5-7-21(28)23(24)29)19-10-15(2-6-20(19)27)11-26(25(30-22)35-14)9-8-16(12-26)31-36(32,33)17-3-4-17/h2,5-7,10,16-17,31H,3-4,8-9,11-13H2,1H3/t16-,26+/m0/s1. The lowest BCUT2D eigenvalue weighted by Crippen LogP contribution is -2.37. The molecule has 0 radical (unpaired) electrons. The van der Waals surface area contributed by atoms with Gasteiger partial charge in [-0.2, -0.15) is 4.39 Å². The van der Waals surface area contributed by atoms with Gasteiger partial charge in [-0.1, -0.05) is 6.07 Å². The molecular weight excluding hydrogens is 493 g/mol.